The summed E-state index contributed by atoms with van der Waals surface area (Å²) >= 11 is 0. The van der Waals surface area contributed by atoms with E-state index in [2.05, 4.69) is 0 Å². The number of nitrogens with two attached hydrogens (primary N) is 1. The molecule has 1 rings (SSSR count). The average Bonchev–Trinajstić information content (AvgIpc) is 2.23. The van der Waals surface area contributed by atoms with Crippen LogP contribution in [0.1, 0.15) is 29.5 Å². The van der Waals surface area contributed by atoms with E-state index >= 15 is 0 Å². The lowest BCUT2D eigenvalue weighted by atomic mass is 9.95. The fraction of sp³-hybridized carbons (Fsp3) is 0.500. The molecule has 0 bridgehead atoms. The first-order chi connectivity index (χ1) is 7.02. The number of methoxy groups -OCH3 is 1. The van der Waals surface area contributed by atoms with Gasteiger partial charge in [0.15, 0.2) is 11.5 Å². The zero-order valence-corrected chi connectivity index (χ0v) is 9.79. The lowest BCUT2D eigenvalue weighted by Crippen LogP contribution is -2.10. The molecule has 0 saturated carbocycles. The topological polar surface area (TPSA) is 55.5 Å². The van der Waals surface area contributed by atoms with Crippen LogP contribution in [-0.4, -0.2) is 18.8 Å². The van der Waals surface area contributed by atoms with Gasteiger partial charge >= 0.3 is 0 Å². The van der Waals surface area contributed by atoms with E-state index in [1.54, 1.807) is 7.11 Å². The van der Waals surface area contributed by atoms with Crippen LogP contribution < -0.4 is 10.5 Å². The summed E-state index contributed by atoms with van der Waals surface area (Å²) in [7, 11) is 1.57. The molecule has 15 heavy (non-hydrogen) atoms. The first-order valence-electron chi connectivity index (χ1n) is 5.10. The fourth-order valence-electron chi connectivity index (χ4n) is 1.65. The smallest absolute Gasteiger partial charge is 0.163 e. The molecule has 0 aliphatic rings. The highest BCUT2D eigenvalue weighted by Crippen LogP contribution is 2.38. The molecular formula is C12H19NO2. The number of hydrogen-bond donors (Lipinski definition) is 2. The molecule has 0 aromatic heterocycles. The van der Waals surface area contributed by atoms with Gasteiger partial charge in [-0.25, -0.2) is 0 Å². The van der Waals surface area contributed by atoms with E-state index in [0.29, 0.717) is 12.3 Å². The maximum Gasteiger partial charge on any atom is 0.163 e. The summed E-state index contributed by atoms with van der Waals surface area (Å²) in [5.41, 5.74) is 8.55. The van der Waals surface area contributed by atoms with Crippen molar-refractivity contribution in [3.63, 3.8) is 0 Å². The normalized spacial score (nSPS) is 12.6. The lowest BCUT2D eigenvalue weighted by Gasteiger charge is -2.17. The van der Waals surface area contributed by atoms with Gasteiger partial charge in [-0.3, -0.25) is 0 Å². The van der Waals surface area contributed by atoms with Gasteiger partial charge in [-0.15, -0.1) is 0 Å². The highest BCUT2D eigenvalue weighted by atomic mass is 16.5. The van der Waals surface area contributed by atoms with Crippen molar-refractivity contribution in [2.24, 2.45) is 5.73 Å². The van der Waals surface area contributed by atoms with Crippen molar-refractivity contribution >= 4 is 0 Å². The van der Waals surface area contributed by atoms with Crippen LogP contribution in [0.3, 0.4) is 0 Å². The molecule has 1 atom stereocenters. The van der Waals surface area contributed by atoms with Gasteiger partial charge in [-0.2, -0.15) is 0 Å². The quantitative estimate of drug-likeness (QED) is 0.801. The summed E-state index contributed by atoms with van der Waals surface area (Å²) in [6.45, 7) is 6.44. The third kappa shape index (κ3) is 2.07. The molecule has 0 radical (unpaired) electrons. The second-order valence-electron chi connectivity index (χ2n) is 3.93. The summed E-state index contributed by atoms with van der Waals surface area (Å²) in [4.78, 5) is 0. The van der Waals surface area contributed by atoms with Gasteiger partial charge in [0.25, 0.3) is 0 Å². The van der Waals surface area contributed by atoms with E-state index in [4.69, 9.17) is 10.5 Å². The van der Waals surface area contributed by atoms with Crippen LogP contribution in [0.25, 0.3) is 0 Å². The number of benzene rings is 1. The maximum atomic E-state index is 10.0. The zero-order chi connectivity index (χ0) is 11.6. The van der Waals surface area contributed by atoms with Crippen molar-refractivity contribution in [3.05, 3.63) is 22.8 Å². The van der Waals surface area contributed by atoms with Gasteiger partial charge in [0.2, 0.25) is 0 Å². The molecule has 0 aliphatic carbocycles. The molecule has 0 aliphatic heterocycles. The molecule has 1 unspecified atom stereocenters. The summed E-state index contributed by atoms with van der Waals surface area (Å²) in [5, 5.41) is 10.0. The Bertz CT molecular complexity index is 361. The first-order valence-corrected chi connectivity index (χ1v) is 5.10. The number of ether oxygens (including phenoxy) is 1. The number of phenolic OH excluding ortho intramolecular Hbond substituents is 1. The number of phenols is 1. The Morgan fingerprint density at radius 3 is 2.53 bits per heavy atom. The minimum atomic E-state index is 0.137. The third-order valence-electron chi connectivity index (χ3n) is 2.88. The molecule has 3 N–H and O–H groups in total. The summed E-state index contributed by atoms with van der Waals surface area (Å²) in [5.74, 6) is 0.919. The Morgan fingerprint density at radius 2 is 2.07 bits per heavy atom. The van der Waals surface area contributed by atoms with Crippen LogP contribution in [0.5, 0.6) is 11.5 Å². The minimum absolute atomic E-state index is 0.137. The number of rotatable bonds is 3. The number of aromatic hydroxyl groups is 1. The van der Waals surface area contributed by atoms with Gasteiger partial charge in [0, 0.05) is 5.56 Å². The van der Waals surface area contributed by atoms with Gasteiger partial charge in [0.05, 0.1) is 7.11 Å². The first kappa shape index (κ1) is 11.9. The van der Waals surface area contributed by atoms with Crippen LogP contribution in [0.2, 0.25) is 0 Å². The van der Waals surface area contributed by atoms with Crippen LogP contribution in [0.4, 0.5) is 0 Å². The molecule has 0 amide bonds. The monoisotopic (exact) mass is 209 g/mol. The molecule has 3 nitrogen and oxygen atoms in total. The Labute approximate surface area is 90.9 Å². The molecule has 0 fully saturated rings. The SMILES string of the molecule is COc1c(C)c(C)cc(C(C)CN)c1O. The standard InChI is InChI=1S/C12H19NO2/c1-7-5-10(8(2)6-13)11(14)12(15-4)9(7)3/h5,8,14H,6,13H2,1-4H3. The van der Waals surface area contributed by atoms with E-state index < -0.39 is 0 Å². The molecule has 3 heteroatoms. The van der Waals surface area contributed by atoms with Crippen LogP contribution in [-0.2, 0) is 0 Å². The maximum absolute atomic E-state index is 10.0. The van der Waals surface area contributed by atoms with E-state index in [1.807, 2.05) is 26.8 Å². The Kier molecular flexibility index (Phi) is 3.58. The van der Waals surface area contributed by atoms with Crippen molar-refractivity contribution in [3.8, 4) is 11.5 Å². The molecule has 1 aromatic carbocycles. The van der Waals surface area contributed by atoms with E-state index in [0.717, 1.165) is 16.7 Å². The second-order valence-corrected chi connectivity index (χ2v) is 3.93. The van der Waals surface area contributed by atoms with E-state index in [1.165, 1.54) is 0 Å². The second kappa shape index (κ2) is 4.53. The van der Waals surface area contributed by atoms with Gasteiger partial charge < -0.3 is 15.6 Å². The summed E-state index contributed by atoms with van der Waals surface area (Å²) in [6, 6.07) is 1.98. The highest BCUT2D eigenvalue weighted by Gasteiger charge is 2.16. The third-order valence-corrected chi connectivity index (χ3v) is 2.88. The minimum Gasteiger partial charge on any atom is -0.504 e. The van der Waals surface area contributed by atoms with Crippen LogP contribution in [0.15, 0.2) is 6.07 Å². The highest BCUT2D eigenvalue weighted by molar-refractivity contribution is 5.55. The predicted octanol–water partition coefficient (Wildman–Crippen LogP) is 2.08. The van der Waals surface area contributed by atoms with Crippen molar-refractivity contribution < 1.29 is 9.84 Å². The van der Waals surface area contributed by atoms with E-state index in [-0.39, 0.29) is 11.7 Å². The van der Waals surface area contributed by atoms with Crippen LogP contribution >= 0.6 is 0 Å². The zero-order valence-electron chi connectivity index (χ0n) is 9.79. The van der Waals surface area contributed by atoms with Gasteiger partial charge in [-0.1, -0.05) is 13.0 Å². The fourth-order valence-corrected chi connectivity index (χ4v) is 1.65. The molecule has 0 saturated heterocycles. The largest absolute Gasteiger partial charge is 0.504 e. The molecule has 1 aromatic rings. The number of hydrogen-bond acceptors (Lipinski definition) is 3. The average molecular weight is 209 g/mol. The van der Waals surface area contributed by atoms with Crippen molar-refractivity contribution in [2.75, 3.05) is 13.7 Å². The van der Waals surface area contributed by atoms with Crippen molar-refractivity contribution in [1.29, 1.82) is 0 Å². The van der Waals surface area contributed by atoms with Gasteiger partial charge in [0.1, 0.15) is 0 Å². The molecular weight excluding hydrogens is 190 g/mol. The van der Waals surface area contributed by atoms with Crippen molar-refractivity contribution in [2.45, 2.75) is 26.7 Å². The molecule has 84 valence electrons. The predicted molar refractivity (Wildman–Crippen MR) is 61.6 cm³/mol. The van der Waals surface area contributed by atoms with Crippen LogP contribution in [0, 0.1) is 13.8 Å². The molecule has 0 heterocycles. The van der Waals surface area contributed by atoms with E-state index in [9.17, 15) is 5.11 Å². The Morgan fingerprint density at radius 1 is 1.47 bits per heavy atom. The summed E-state index contributed by atoms with van der Waals surface area (Å²) in [6.07, 6.45) is 0. The lowest BCUT2D eigenvalue weighted by molar-refractivity contribution is 0.366. The molecule has 0 spiro atoms. The Hall–Kier alpha value is -1.22. The number of aryl methyl sites for hydroxylation is 1. The summed E-state index contributed by atoms with van der Waals surface area (Å²) < 4.78 is 5.20. The van der Waals surface area contributed by atoms with Gasteiger partial charge in [-0.05, 0) is 37.4 Å². The Balaban J connectivity index is 3.36. The van der Waals surface area contributed by atoms with Crippen molar-refractivity contribution in [1.82, 2.24) is 0 Å².